The molecule has 10 heteroatoms. The number of fused-ring (bicyclic) bond motifs is 1. The van der Waals surface area contributed by atoms with Crippen LogP contribution in [0.25, 0.3) is 16.9 Å². The Morgan fingerprint density at radius 3 is 2.87 bits per heavy atom. The van der Waals surface area contributed by atoms with Crippen LogP contribution in [-0.4, -0.2) is 36.4 Å². The number of halogens is 3. The van der Waals surface area contributed by atoms with Gasteiger partial charge < -0.3 is 0 Å². The maximum absolute atomic E-state index is 12.1. The van der Waals surface area contributed by atoms with Gasteiger partial charge >= 0.3 is 11.9 Å². The third-order valence-corrected chi connectivity index (χ3v) is 3.16. The molecule has 3 aromatic heterocycles. The zero-order chi connectivity index (χ0) is 16.6. The molecule has 0 amide bonds. The van der Waals surface area contributed by atoms with Gasteiger partial charge in [0.1, 0.15) is 0 Å². The largest absolute Gasteiger partial charge is 0.389 e. The molecule has 0 aliphatic carbocycles. The van der Waals surface area contributed by atoms with Crippen LogP contribution < -0.4 is 5.69 Å². The second kappa shape index (κ2) is 5.38. The fraction of sp³-hybridized carbons (Fsp3) is 0.231. The molecular weight excluding hydrogens is 315 g/mol. The second-order valence-electron chi connectivity index (χ2n) is 4.79. The molecule has 3 aromatic rings. The van der Waals surface area contributed by atoms with E-state index < -0.39 is 30.6 Å². The maximum atomic E-state index is 12.1. The minimum atomic E-state index is -4.41. The van der Waals surface area contributed by atoms with E-state index in [2.05, 4.69) is 15.1 Å². The summed E-state index contributed by atoms with van der Waals surface area (Å²) in [7, 11) is 0. The van der Waals surface area contributed by atoms with Crippen molar-refractivity contribution in [1.29, 1.82) is 0 Å². The average molecular weight is 325 g/mol. The molecule has 0 radical (unpaired) electrons. The Balaban J connectivity index is 1.91. The summed E-state index contributed by atoms with van der Waals surface area (Å²) in [5, 5.41) is 3.73. The van der Waals surface area contributed by atoms with Crippen molar-refractivity contribution >= 4 is 17.1 Å². The Labute approximate surface area is 126 Å². The van der Waals surface area contributed by atoms with Gasteiger partial charge in [0.2, 0.25) is 5.91 Å². The molecule has 23 heavy (non-hydrogen) atoms. The smallest absolute Gasteiger partial charge is 0.290 e. The van der Waals surface area contributed by atoms with E-state index >= 15 is 0 Å². The number of imidazole rings is 1. The van der Waals surface area contributed by atoms with E-state index in [0.717, 1.165) is 4.68 Å². The van der Waals surface area contributed by atoms with Crippen LogP contribution in [0, 0.1) is 0 Å². The monoisotopic (exact) mass is 325 g/mol. The van der Waals surface area contributed by atoms with Gasteiger partial charge in [0.25, 0.3) is 0 Å². The molecule has 7 nitrogen and oxygen atoms in total. The summed E-state index contributed by atoms with van der Waals surface area (Å²) in [5.74, 6) is -0.806. The standard InChI is InChI=1S/C13H10F3N5O2/c14-13(15,16)4-3-10(22)20-7-8(6-18-20)21-9-2-1-5-17-11(9)19-12(21)23/h1-2,5-7H,3-4H2,(H,17,19,23). The quantitative estimate of drug-likeness (QED) is 0.797. The predicted molar refractivity (Wildman–Crippen MR) is 73.4 cm³/mol. The van der Waals surface area contributed by atoms with Crippen molar-refractivity contribution in [3.05, 3.63) is 41.2 Å². The van der Waals surface area contributed by atoms with Crippen molar-refractivity contribution in [1.82, 2.24) is 24.3 Å². The van der Waals surface area contributed by atoms with Gasteiger partial charge in [0, 0.05) is 12.6 Å². The van der Waals surface area contributed by atoms with Crippen LogP contribution in [0.15, 0.2) is 35.5 Å². The first-order valence-corrected chi connectivity index (χ1v) is 6.56. The molecule has 0 spiro atoms. The molecule has 0 aliphatic rings. The summed E-state index contributed by atoms with van der Waals surface area (Å²) < 4.78 is 38.5. The van der Waals surface area contributed by atoms with Crippen LogP contribution in [0.2, 0.25) is 0 Å². The van der Waals surface area contributed by atoms with Crippen LogP contribution in [0.1, 0.15) is 17.6 Å². The fourth-order valence-electron chi connectivity index (χ4n) is 2.12. The molecule has 0 saturated heterocycles. The highest BCUT2D eigenvalue weighted by atomic mass is 19.4. The van der Waals surface area contributed by atoms with Crippen LogP contribution >= 0.6 is 0 Å². The van der Waals surface area contributed by atoms with Gasteiger partial charge in [0.05, 0.1) is 30.0 Å². The van der Waals surface area contributed by atoms with Crippen molar-refractivity contribution in [2.75, 3.05) is 0 Å². The van der Waals surface area contributed by atoms with Gasteiger partial charge in [-0.25, -0.2) is 14.5 Å². The van der Waals surface area contributed by atoms with Gasteiger partial charge in [-0.05, 0) is 12.1 Å². The lowest BCUT2D eigenvalue weighted by molar-refractivity contribution is -0.133. The second-order valence-corrected chi connectivity index (χ2v) is 4.79. The lowest BCUT2D eigenvalue weighted by atomic mass is 10.3. The number of rotatable bonds is 3. The average Bonchev–Trinajstić information content (AvgIpc) is 3.07. The number of H-pyrrole nitrogens is 1. The maximum Gasteiger partial charge on any atom is 0.389 e. The van der Waals surface area contributed by atoms with Gasteiger partial charge in [0.15, 0.2) is 5.65 Å². The molecule has 0 aromatic carbocycles. The molecule has 0 unspecified atom stereocenters. The molecule has 3 heterocycles. The zero-order valence-corrected chi connectivity index (χ0v) is 11.5. The van der Waals surface area contributed by atoms with Crippen molar-refractivity contribution in [3.63, 3.8) is 0 Å². The number of carbonyl (C=O) groups is 1. The number of aromatic amines is 1. The predicted octanol–water partition coefficient (Wildman–Crippen LogP) is 1.89. The summed E-state index contributed by atoms with van der Waals surface area (Å²) in [4.78, 5) is 30.2. The molecule has 0 saturated carbocycles. The Bertz CT molecular complexity index is 921. The molecule has 120 valence electrons. The number of hydrogen-bond donors (Lipinski definition) is 1. The number of alkyl halides is 3. The first kappa shape index (κ1) is 15.0. The van der Waals surface area contributed by atoms with Crippen molar-refractivity contribution in [3.8, 4) is 5.69 Å². The van der Waals surface area contributed by atoms with E-state index in [1.807, 2.05) is 0 Å². The third-order valence-electron chi connectivity index (χ3n) is 3.16. The molecule has 0 bridgehead atoms. The lowest BCUT2D eigenvalue weighted by Crippen LogP contribution is -2.17. The summed E-state index contributed by atoms with van der Waals surface area (Å²) in [6, 6.07) is 3.27. The summed E-state index contributed by atoms with van der Waals surface area (Å²) in [6.07, 6.45) is -2.40. The summed E-state index contributed by atoms with van der Waals surface area (Å²) in [5.41, 5.74) is 0.601. The highest BCUT2D eigenvalue weighted by molar-refractivity contribution is 5.79. The number of nitrogens with one attached hydrogen (secondary N) is 1. The number of aromatic nitrogens is 5. The minimum Gasteiger partial charge on any atom is -0.290 e. The Kier molecular flexibility index (Phi) is 3.51. The van der Waals surface area contributed by atoms with E-state index in [-0.39, 0.29) is 5.69 Å². The van der Waals surface area contributed by atoms with Crippen LogP contribution in [-0.2, 0) is 0 Å². The summed E-state index contributed by atoms with van der Waals surface area (Å²) in [6.45, 7) is 0. The third kappa shape index (κ3) is 3.00. The molecule has 1 N–H and O–H groups in total. The molecule has 3 rings (SSSR count). The Morgan fingerprint density at radius 2 is 2.13 bits per heavy atom. The van der Waals surface area contributed by atoms with E-state index in [1.54, 1.807) is 12.1 Å². The summed E-state index contributed by atoms with van der Waals surface area (Å²) >= 11 is 0. The van der Waals surface area contributed by atoms with E-state index in [1.165, 1.54) is 23.2 Å². The van der Waals surface area contributed by atoms with E-state index in [4.69, 9.17) is 0 Å². The number of nitrogens with zero attached hydrogens (tertiary/aromatic N) is 4. The van der Waals surface area contributed by atoms with Crippen molar-refractivity contribution < 1.29 is 18.0 Å². The van der Waals surface area contributed by atoms with E-state index in [0.29, 0.717) is 11.2 Å². The van der Waals surface area contributed by atoms with Crippen molar-refractivity contribution in [2.45, 2.75) is 19.0 Å². The number of carbonyl (C=O) groups excluding carboxylic acids is 1. The minimum absolute atomic E-state index is 0.259. The van der Waals surface area contributed by atoms with E-state index in [9.17, 15) is 22.8 Å². The molecular formula is C13H10F3N5O2. The fourth-order valence-corrected chi connectivity index (χ4v) is 2.12. The highest BCUT2D eigenvalue weighted by Gasteiger charge is 2.28. The normalized spacial score (nSPS) is 12.0. The highest BCUT2D eigenvalue weighted by Crippen LogP contribution is 2.21. The topological polar surface area (TPSA) is 85.6 Å². The SMILES string of the molecule is O=C(CCC(F)(F)F)n1cc(-n2c(=O)[nH]c3ncccc32)cn1. The number of pyridine rings is 1. The van der Waals surface area contributed by atoms with Crippen LogP contribution in [0.4, 0.5) is 13.2 Å². The Morgan fingerprint density at radius 1 is 1.35 bits per heavy atom. The van der Waals surface area contributed by atoms with Gasteiger partial charge in [-0.3, -0.25) is 14.3 Å². The molecule has 0 atom stereocenters. The molecule has 0 fully saturated rings. The number of hydrogen-bond acceptors (Lipinski definition) is 4. The lowest BCUT2D eigenvalue weighted by Gasteiger charge is -2.04. The zero-order valence-electron chi connectivity index (χ0n) is 11.5. The van der Waals surface area contributed by atoms with Crippen LogP contribution in [0.3, 0.4) is 0 Å². The molecule has 0 aliphatic heterocycles. The Hall–Kier alpha value is -2.91. The van der Waals surface area contributed by atoms with Gasteiger partial charge in [-0.2, -0.15) is 18.3 Å². The first-order valence-electron chi connectivity index (χ1n) is 6.56. The van der Waals surface area contributed by atoms with Crippen LogP contribution in [0.5, 0.6) is 0 Å². The van der Waals surface area contributed by atoms with Gasteiger partial charge in [-0.15, -0.1) is 0 Å². The van der Waals surface area contributed by atoms with Gasteiger partial charge in [-0.1, -0.05) is 0 Å². The van der Waals surface area contributed by atoms with Crippen molar-refractivity contribution in [2.24, 2.45) is 0 Å². The first-order chi connectivity index (χ1) is 10.8.